The van der Waals surface area contributed by atoms with Crippen molar-refractivity contribution in [3.8, 4) is 18.2 Å². The van der Waals surface area contributed by atoms with Crippen LogP contribution in [0.15, 0.2) is 30.3 Å². The maximum absolute atomic E-state index is 8.27. The Balaban J connectivity index is 0.000000400. The third kappa shape index (κ3) is 13.8. The molecule has 5 heteroatoms. The van der Waals surface area contributed by atoms with Crippen molar-refractivity contribution >= 4 is 0 Å². The van der Waals surface area contributed by atoms with Crippen LogP contribution in [0.25, 0.3) is 0 Å². The molecular weight excluding hydrogens is 262 g/mol. The molecule has 1 aromatic rings. The first-order chi connectivity index (χ1) is 10.3. The highest BCUT2D eigenvalue weighted by molar-refractivity contribution is 5.14. The van der Waals surface area contributed by atoms with Crippen molar-refractivity contribution in [3.05, 3.63) is 35.9 Å². The van der Waals surface area contributed by atoms with Crippen LogP contribution in [0.3, 0.4) is 0 Å². The highest BCUT2D eigenvalue weighted by atomic mass is 14.8. The molecule has 0 saturated carbocycles. The van der Waals surface area contributed by atoms with E-state index in [1.54, 1.807) is 0 Å². The van der Waals surface area contributed by atoms with Crippen molar-refractivity contribution < 1.29 is 0 Å². The molecule has 0 aliphatic heterocycles. The van der Waals surface area contributed by atoms with Gasteiger partial charge in [-0.2, -0.15) is 15.8 Å². The monoisotopic (exact) mass is 283 g/mol. The van der Waals surface area contributed by atoms with E-state index in [9.17, 15) is 0 Å². The Kier molecular flexibility index (Phi) is 13.9. The maximum atomic E-state index is 8.27. The zero-order valence-electron chi connectivity index (χ0n) is 12.2. The standard InChI is InChI=1S/C10H12N2.C6H9N3/c11-7-4-8-12-9-10-5-2-1-3-6-10;7-3-1-5-9-6-2-4-8/h1-3,5-6,12H,4,8-9H2;9H,1-2,5-6H2. The molecule has 21 heavy (non-hydrogen) atoms. The Hall–Kier alpha value is -2.39. The van der Waals surface area contributed by atoms with Gasteiger partial charge in [-0.15, -0.1) is 0 Å². The van der Waals surface area contributed by atoms with Crippen LogP contribution in [0.4, 0.5) is 0 Å². The highest BCUT2D eigenvalue weighted by Crippen LogP contribution is 1.96. The van der Waals surface area contributed by atoms with E-state index in [1.807, 2.05) is 30.3 Å². The minimum atomic E-state index is 0.519. The lowest BCUT2D eigenvalue weighted by Crippen LogP contribution is -2.15. The fraction of sp³-hybridized carbons (Fsp3) is 0.438. The van der Waals surface area contributed by atoms with E-state index < -0.39 is 0 Å². The van der Waals surface area contributed by atoms with Crippen LogP contribution in [0.5, 0.6) is 0 Å². The lowest BCUT2D eigenvalue weighted by molar-refractivity contribution is 0.699. The van der Waals surface area contributed by atoms with Crippen molar-refractivity contribution in [2.24, 2.45) is 0 Å². The minimum Gasteiger partial charge on any atom is -0.315 e. The molecule has 0 aromatic heterocycles. The Bertz CT molecular complexity index is 448. The van der Waals surface area contributed by atoms with Crippen molar-refractivity contribution in [2.45, 2.75) is 25.8 Å². The van der Waals surface area contributed by atoms with Gasteiger partial charge in [0.25, 0.3) is 0 Å². The zero-order valence-corrected chi connectivity index (χ0v) is 12.2. The summed E-state index contributed by atoms with van der Waals surface area (Å²) in [5.41, 5.74) is 1.26. The molecule has 2 N–H and O–H groups in total. The second-order valence-electron chi connectivity index (χ2n) is 4.14. The van der Waals surface area contributed by atoms with E-state index in [0.717, 1.165) is 13.1 Å². The van der Waals surface area contributed by atoms with Crippen LogP contribution < -0.4 is 10.6 Å². The topological polar surface area (TPSA) is 95.4 Å². The molecule has 0 spiro atoms. The van der Waals surface area contributed by atoms with Gasteiger partial charge in [-0.25, -0.2) is 0 Å². The molecule has 1 aromatic carbocycles. The quantitative estimate of drug-likeness (QED) is 0.712. The molecule has 0 heterocycles. The molecule has 1 rings (SSSR count). The number of nitrogens with zero attached hydrogens (tertiary/aromatic N) is 3. The van der Waals surface area contributed by atoms with Crippen LogP contribution in [0.2, 0.25) is 0 Å². The normalized spacial score (nSPS) is 8.62. The van der Waals surface area contributed by atoms with Gasteiger partial charge in [0.05, 0.1) is 18.2 Å². The maximum Gasteiger partial charge on any atom is 0.0635 e. The van der Waals surface area contributed by atoms with Gasteiger partial charge >= 0.3 is 0 Å². The SMILES string of the molecule is N#CCCNCCC#N.N#CCCNCc1ccccc1. The Labute approximate surface area is 126 Å². The van der Waals surface area contributed by atoms with Gasteiger partial charge in [-0.05, 0) is 5.56 Å². The number of benzene rings is 1. The fourth-order valence-electron chi connectivity index (χ4n) is 1.39. The predicted octanol–water partition coefficient (Wildman–Crippen LogP) is 2.09. The average molecular weight is 283 g/mol. The molecule has 0 amide bonds. The summed E-state index contributed by atoms with van der Waals surface area (Å²) in [5, 5.41) is 30.5. The number of nitriles is 3. The third-order valence-corrected chi connectivity index (χ3v) is 2.41. The number of nitrogens with one attached hydrogen (secondary N) is 2. The summed E-state index contributed by atoms with van der Waals surface area (Å²) in [6.07, 6.45) is 1.61. The van der Waals surface area contributed by atoms with Gasteiger partial charge in [0, 0.05) is 45.4 Å². The van der Waals surface area contributed by atoms with Gasteiger partial charge in [-0.3, -0.25) is 0 Å². The largest absolute Gasteiger partial charge is 0.315 e. The highest BCUT2D eigenvalue weighted by Gasteiger charge is 1.88. The van der Waals surface area contributed by atoms with E-state index >= 15 is 0 Å². The molecule has 0 unspecified atom stereocenters. The van der Waals surface area contributed by atoms with Crippen molar-refractivity contribution in [1.82, 2.24) is 10.6 Å². The Morgan fingerprint density at radius 1 is 0.714 bits per heavy atom. The average Bonchev–Trinajstić information content (AvgIpc) is 2.53. The Morgan fingerprint density at radius 2 is 1.19 bits per heavy atom. The van der Waals surface area contributed by atoms with Crippen LogP contribution in [0, 0.1) is 34.0 Å². The van der Waals surface area contributed by atoms with Crippen LogP contribution in [-0.4, -0.2) is 19.6 Å². The lowest BCUT2D eigenvalue weighted by Gasteiger charge is -2.00. The van der Waals surface area contributed by atoms with Crippen molar-refractivity contribution in [2.75, 3.05) is 19.6 Å². The van der Waals surface area contributed by atoms with Crippen LogP contribution >= 0.6 is 0 Å². The smallest absolute Gasteiger partial charge is 0.0635 e. The molecule has 0 bridgehead atoms. The molecule has 0 saturated heterocycles. The predicted molar refractivity (Wildman–Crippen MR) is 81.7 cm³/mol. The second kappa shape index (κ2) is 15.7. The summed E-state index contributed by atoms with van der Waals surface area (Å²) in [6.45, 7) is 3.00. The first kappa shape index (κ1) is 18.6. The number of hydrogen-bond donors (Lipinski definition) is 2. The third-order valence-electron chi connectivity index (χ3n) is 2.41. The summed E-state index contributed by atoms with van der Waals surface area (Å²) >= 11 is 0. The van der Waals surface area contributed by atoms with Gasteiger partial charge in [0.1, 0.15) is 0 Å². The van der Waals surface area contributed by atoms with Gasteiger partial charge in [0.2, 0.25) is 0 Å². The van der Waals surface area contributed by atoms with Crippen molar-refractivity contribution in [3.63, 3.8) is 0 Å². The molecule has 0 aliphatic carbocycles. The first-order valence-electron chi connectivity index (χ1n) is 6.91. The van der Waals surface area contributed by atoms with Crippen molar-refractivity contribution in [1.29, 1.82) is 15.8 Å². The summed E-state index contributed by atoms with van der Waals surface area (Å²) in [5.74, 6) is 0. The fourth-order valence-corrected chi connectivity index (χ4v) is 1.39. The van der Waals surface area contributed by atoms with Gasteiger partial charge in [0.15, 0.2) is 0 Å². The van der Waals surface area contributed by atoms with Gasteiger partial charge < -0.3 is 10.6 Å². The van der Waals surface area contributed by atoms with E-state index in [2.05, 4.69) is 28.8 Å². The van der Waals surface area contributed by atoms with E-state index in [-0.39, 0.29) is 0 Å². The zero-order chi connectivity index (χ0) is 15.6. The minimum absolute atomic E-state index is 0.519. The molecule has 0 radical (unpaired) electrons. The number of rotatable bonds is 8. The summed E-state index contributed by atoms with van der Waals surface area (Å²) in [7, 11) is 0. The Morgan fingerprint density at radius 3 is 1.67 bits per heavy atom. The number of hydrogen-bond acceptors (Lipinski definition) is 5. The van der Waals surface area contributed by atoms with E-state index in [0.29, 0.717) is 32.4 Å². The molecule has 0 fully saturated rings. The van der Waals surface area contributed by atoms with Crippen LogP contribution in [-0.2, 0) is 6.54 Å². The second-order valence-corrected chi connectivity index (χ2v) is 4.14. The van der Waals surface area contributed by atoms with E-state index in [1.165, 1.54) is 5.56 Å². The lowest BCUT2D eigenvalue weighted by atomic mass is 10.2. The van der Waals surface area contributed by atoms with Crippen LogP contribution in [0.1, 0.15) is 24.8 Å². The molecular formula is C16H21N5. The summed E-state index contributed by atoms with van der Waals surface area (Å²) in [6, 6.07) is 16.3. The molecule has 0 aliphatic rings. The van der Waals surface area contributed by atoms with E-state index in [4.69, 9.17) is 15.8 Å². The summed E-state index contributed by atoms with van der Waals surface area (Å²) < 4.78 is 0. The molecule has 5 nitrogen and oxygen atoms in total. The van der Waals surface area contributed by atoms with Gasteiger partial charge in [-0.1, -0.05) is 30.3 Å². The first-order valence-corrected chi connectivity index (χ1v) is 6.91. The molecule has 110 valence electrons. The molecule has 0 atom stereocenters. The summed E-state index contributed by atoms with van der Waals surface area (Å²) in [4.78, 5) is 0.